The van der Waals surface area contributed by atoms with Gasteiger partial charge in [-0.15, -0.1) is 0 Å². The summed E-state index contributed by atoms with van der Waals surface area (Å²) in [6.45, 7) is 4.24. The van der Waals surface area contributed by atoms with Gasteiger partial charge >= 0.3 is 0 Å². The summed E-state index contributed by atoms with van der Waals surface area (Å²) in [5.41, 5.74) is 2.05. The maximum atomic E-state index is 5.42. The topological polar surface area (TPSA) is 52.0 Å². The first-order chi connectivity index (χ1) is 10.2. The van der Waals surface area contributed by atoms with Crippen molar-refractivity contribution >= 4 is 16.7 Å². The number of ether oxygens (including phenoxy) is 1. The maximum absolute atomic E-state index is 5.42. The number of rotatable bonds is 4. The van der Waals surface area contributed by atoms with Crippen molar-refractivity contribution in [3.05, 3.63) is 18.5 Å². The van der Waals surface area contributed by atoms with Gasteiger partial charge in [-0.05, 0) is 45.6 Å². The van der Waals surface area contributed by atoms with Gasteiger partial charge in [-0.2, -0.15) is 5.10 Å². The third-order valence-electron chi connectivity index (χ3n) is 4.30. The van der Waals surface area contributed by atoms with Crippen molar-refractivity contribution in [3.63, 3.8) is 0 Å². The van der Waals surface area contributed by atoms with Crippen molar-refractivity contribution < 1.29 is 4.74 Å². The molecule has 21 heavy (non-hydrogen) atoms. The highest BCUT2D eigenvalue weighted by Crippen LogP contribution is 2.25. The molecule has 0 bridgehead atoms. The lowest BCUT2D eigenvalue weighted by atomic mass is 9.93. The fourth-order valence-electron chi connectivity index (χ4n) is 3.08. The molecule has 114 valence electrons. The molecular formula is C16H24N4O. The van der Waals surface area contributed by atoms with E-state index in [2.05, 4.69) is 35.3 Å². The Hall–Kier alpha value is -1.62. The molecule has 0 aromatic carbocycles. The summed E-state index contributed by atoms with van der Waals surface area (Å²) < 4.78 is 7.38. The Bertz CT molecular complexity index is 599. The summed E-state index contributed by atoms with van der Waals surface area (Å²) in [7, 11) is 1.81. The summed E-state index contributed by atoms with van der Waals surface area (Å²) in [5, 5.41) is 9.11. The van der Waals surface area contributed by atoms with Gasteiger partial charge in [-0.3, -0.25) is 0 Å². The molecule has 2 aromatic rings. The molecule has 0 atom stereocenters. The predicted octanol–water partition coefficient (Wildman–Crippen LogP) is 3.38. The van der Waals surface area contributed by atoms with Crippen molar-refractivity contribution in [2.24, 2.45) is 0 Å². The largest absolute Gasteiger partial charge is 0.381 e. The molecule has 1 aliphatic rings. The highest BCUT2D eigenvalue weighted by atomic mass is 16.5. The van der Waals surface area contributed by atoms with E-state index in [1.165, 1.54) is 0 Å². The second-order valence-electron chi connectivity index (χ2n) is 6.17. The van der Waals surface area contributed by atoms with Crippen molar-refractivity contribution in [2.45, 2.75) is 57.7 Å². The summed E-state index contributed by atoms with van der Waals surface area (Å²) in [5.74, 6) is 0. The van der Waals surface area contributed by atoms with Gasteiger partial charge in [-0.25, -0.2) is 9.67 Å². The van der Waals surface area contributed by atoms with E-state index in [1.807, 2.05) is 24.2 Å². The number of anilines is 1. The zero-order chi connectivity index (χ0) is 14.8. The number of nitrogens with zero attached hydrogens (tertiary/aromatic N) is 3. The second kappa shape index (κ2) is 6.02. The monoisotopic (exact) mass is 288 g/mol. The van der Waals surface area contributed by atoms with E-state index in [9.17, 15) is 0 Å². The summed E-state index contributed by atoms with van der Waals surface area (Å²) in [6.07, 6.45) is 8.84. The number of hydrogen-bond donors (Lipinski definition) is 1. The van der Waals surface area contributed by atoms with Crippen LogP contribution in [0.5, 0.6) is 0 Å². The van der Waals surface area contributed by atoms with Gasteiger partial charge in [0.25, 0.3) is 0 Å². The average Bonchev–Trinajstić information content (AvgIpc) is 2.91. The zero-order valence-corrected chi connectivity index (χ0v) is 13.0. The zero-order valence-electron chi connectivity index (χ0n) is 13.0. The summed E-state index contributed by atoms with van der Waals surface area (Å²) in [4.78, 5) is 4.57. The lowest BCUT2D eigenvalue weighted by Crippen LogP contribution is -2.29. The van der Waals surface area contributed by atoms with Crippen LogP contribution >= 0.6 is 0 Å². The summed E-state index contributed by atoms with van der Waals surface area (Å²) in [6, 6.07) is 3.00. The van der Waals surface area contributed by atoms with Crippen molar-refractivity contribution in [1.82, 2.24) is 14.8 Å². The molecule has 5 nitrogen and oxygen atoms in total. The SMILES string of the molecule is COC1CCC(Nc2cnc3c(cnn3C(C)C)c2)CC1. The minimum atomic E-state index is 0.332. The molecule has 0 unspecified atom stereocenters. The van der Waals surface area contributed by atoms with Crippen molar-refractivity contribution in [2.75, 3.05) is 12.4 Å². The lowest BCUT2D eigenvalue weighted by Gasteiger charge is -2.28. The van der Waals surface area contributed by atoms with E-state index in [0.717, 1.165) is 42.4 Å². The van der Waals surface area contributed by atoms with Gasteiger partial charge in [0.1, 0.15) is 0 Å². The van der Waals surface area contributed by atoms with Crippen LogP contribution in [0.2, 0.25) is 0 Å². The van der Waals surface area contributed by atoms with Gasteiger partial charge in [0.05, 0.1) is 24.2 Å². The molecule has 5 heteroatoms. The first-order valence-electron chi connectivity index (χ1n) is 7.80. The molecular weight excluding hydrogens is 264 g/mol. The highest BCUT2D eigenvalue weighted by molar-refractivity contribution is 5.78. The molecule has 1 saturated carbocycles. The van der Waals surface area contributed by atoms with Gasteiger partial charge in [0.15, 0.2) is 5.65 Å². The summed E-state index contributed by atoms with van der Waals surface area (Å²) >= 11 is 0. The van der Waals surface area contributed by atoms with Crippen LogP contribution in [0.1, 0.15) is 45.6 Å². The van der Waals surface area contributed by atoms with E-state index in [4.69, 9.17) is 4.74 Å². The molecule has 2 heterocycles. The number of hydrogen-bond acceptors (Lipinski definition) is 4. The molecule has 3 rings (SSSR count). The molecule has 1 aliphatic carbocycles. The quantitative estimate of drug-likeness (QED) is 0.937. The average molecular weight is 288 g/mol. The van der Waals surface area contributed by atoms with Crippen LogP contribution in [0.4, 0.5) is 5.69 Å². The van der Waals surface area contributed by atoms with Crippen LogP contribution < -0.4 is 5.32 Å². The minimum Gasteiger partial charge on any atom is -0.381 e. The molecule has 2 aromatic heterocycles. The van der Waals surface area contributed by atoms with E-state index in [1.54, 1.807) is 0 Å². The Morgan fingerprint density at radius 2 is 2.00 bits per heavy atom. The number of fused-ring (bicyclic) bond motifs is 1. The van der Waals surface area contributed by atoms with Crippen LogP contribution in [0.3, 0.4) is 0 Å². The van der Waals surface area contributed by atoms with E-state index < -0.39 is 0 Å². The number of pyridine rings is 1. The Kier molecular flexibility index (Phi) is 4.10. The molecule has 0 spiro atoms. The van der Waals surface area contributed by atoms with E-state index in [0.29, 0.717) is 18.2 Å². The highest BCUT2D eigenvalue weighted by Gasteiger charge is 2.20. The standard InChI is InChI=1S/C16H24N4O/c1-11(2)20-16-12(9-18-20)8-14(10-17-16)19-13-4-6-15(21-3)7-5-13/h8-11,13,15,19H,4-7H2,1-3H3. The maximum Gasteiger partial charge on any atom is 0.158 e. The molecule has 0 saturated heterocycles. The third-order valence-corrected chi connectivity index (χ3v) is 4.30. The van der Waals surface area contributed by atoms with Crippen molar-refractivity contribution in [1.29, 1.82) is 0 Å². The minimum absolute atomic E-state index is 0.332. The Morgan fingerprint density at radius 1 is 1.24 bits per heavy atom. The van der Waals surface area contributed by atoms with Crippen LogP contribution in [0.15, 0.2) is 18.5 Å². The number of aromatic nitrogens is 3. The van der Waals surface area contributed by atoms with Crippen molar-refractivity contribution in [3.8, 4) is 0 Å². The first kappa shape index (κ1) is 14.3. The normalized spacial score (nSPS) is 22.9. The predicted molar refractivity (Wildman–Crippen MR) is 84.6 cm³/mol. The Morgan fingerprint density at radius 3 is 2.67 bits per heavy atom. The van der Waals surface area contributed by atoms with Gasteiger partial charge in [0.2, 0.25) is 0 Å². The van der Waals surface area contributed by atoms with Crippen LogP contribution in [0, 0.1) is 0 Å². The Labute approximate surface area is 125 Å². The first-order valence-corrected chi connectivity index (χ1v) is 7.80. The molecule has 0 radical (unpaired) electrons. The second-order valence-corrected chi connectivity index (χ2v) is 6.17. The lowest BCUT2D eigenvalue weighted by molar-refractivity contribution is 0.0682. The Balaban J connectivity index is 1.71. The van der Waals surface area contributed by atoms with Gasteiger partial charge in [-0.1, -0.05) is 0 Å². The molecule has 1 N–H and O–H groups in total. The van der Waals surface area contributed by atoms with Crippen LogP contribution in [-0.2, 0) is 4.74 Å². The third kappa shape index (κ3) is 3.02. The molecule has 1 fully saturated rings. The van der Waals surface area contributed by atoms with Crippen LogP contribution in [-0.4, -0.2) is 34.0 Å². The number of methoxy groups -OCH3 is 1. The van der Waals surface area contributed by atoms with Gasteiger partial charge < -0.3 is 10.1 Å². The molecule has 0 aliphatic heterocycles. The van der Waals surface area contributed by atoms with E-state index in [-0.39, 0.29) is 0 Å². The fourth-order valence-corrected chi connectivity index (χ4v) is 3.08. The van der Waals surface area contributed by atoms with E-state index >= 15 is 0 Å². The fraction of sp³-hybridized carbons (Fsp3) is 0.625. The smallest absolute Gasteiger partial charge is 0.158 e. The van der Waals surface area contributed by atoms with Gasteiger partial charge in [0, 0.05) is 24.6 Å². The van der Waals surface area contributed by atoms with Crippen LogP contribution in [0.25, 0.3) is 11.0 Å². The molecule has 0 amide bonds. The number of nitrogens with one attached hydrogen (secondary N) is 1.